The SMILES string of the molecule is C=C/N=C\C(CC)=C(/C)c1ccc(F)cc1. The van der Waals surface area contributed by atoms with E-state index < -0.39 is 0 Å². The topological polar surface area (TPSA) is 12.4 Å². The number of hydrogen-bond donors (Lipinski definition) is 0. The molecule has 0 spiro atoms. The van der Waals surface area contributed by atoms with Crippen molar-refractivity contribution in [2.45, 2.75) is 20.3 Å². The van der Waals surface area contributed by atoms with Gasteiger partial charge in [-0.05, 0) is 42.2 Å². The van der Waals surface area contributed by atoms with Gasteiger partial charge in [0.15, 0.2) is 0 Å². The highest BCUT2D eigenvalue weighted by Crippen LogP contribution is 2.19. The summed E-state index contributed by atoms with van der Waals surface area (Å²) in [7, 11) is 0. The van der Waals surface area contributed by atoms with Crippen LogP contribution in [0.5, 0.6) is 0 Å². The molecule has 0 radical (unpaired) electrons. The molecule has 0 N–H and O–H groups in total. The molecule has 0 aliphatic carbocycles. The summed E-state index contributed by atoms with van der Waals surface area (Å²) in [5, 5.41) is 0. The molecule has 0 amide bonds. The first-order valence-corrected chi connectivity index (χ1v) is 5.28. The van der Waals surface area contributed by atoms with Gasteiger partial charge in [0.05, 0.1) is 0 Å². The average molecular weight is 217 g/mol. The van der Waals surface area contributed by atoms with E-state index in [4.69, 9.17) is 0 Å². The maximum atomic E-state index is 12.8. The fourth-order valence-corrected chi connectivity index (χ4v) is 1.48. The Hall–Kier alpha value is -1.70. The van der Waals surface area contributed by atoms with Crippen LogP contribution in [-0.4, -0.2) is 6.21 Å². The van der Waals surface area contributed by atoms with Gasteiger partial charge >= 0.3 is 0 Å². The molecule has 0 atom stereocenters. The molecule has 1 nitrogen and oxygen atoms in total. The van der Waals surface area contributed by atoms with Crippen LogP contribution in [0.2, 0.25) is 0 Å². The van der Waals surface area contributed by atoms with E-state index in [1.165, 1.54) is 18.3 Å². The van der Waals surface area contributed by atoms with Crippen molar-refractivity contribution in [2.75, 3.05) is 0 Å². The van der Waals surface area contributed by atoms with Crippen molar-refractivity contribution in [3.05, 3.63) is 54.0 Å². The zero-order valence-corrected chi connectivity index (χ0v) is 9.70. The van der Waals surface area contributed by atoms with Crippen molar-refractivity contribution >= 4 is 11.8 Å². The van der Waals surface area contributed by atoms with Crippen molar-refractivity contribution in [2.24, 2.45) is 4.99 Å². The number of nitrogens with zero attached hydrogens (tertiary/aromatic N) is 1. The predicted octanol–water partition coefficient (Wildman–Crippen LogP) is 4.22. The van der Waals surface area contributed by atoms with Crippen molar-refractivity contribution in [3.63, 3.8) is 0 Å². The van der Waals surface area contributed by atoms with E-state index in [2.05, 4.69) is 18.5 Å². The van der Waals surface area contributed by atoms with Crippen LogP contribution in [0.1, 0.15) is 25.8 Å². The van der Waals surface area contributed by atoms with Gasteiger partial charge in [-0.1, -0.05) is 25.6 Å². The summed E-state index contributed by atoms with van der Waals surface area (Å²) in [5.41, 5.74) is 3.27. The number of benzene rings is 1. The molecule has 0 saturated heterocycles. The first-order chi connectivity index (χ1) is 7.69. The number of halogens is 1. The lowest BCUT2D eigenvalue weighted by molar-refractivity contribution is 0.627. The summed E-state index contributed by atoms with van der Waals surface area (Å²) in [5.74, 6) is -0.214. The molecular formula is C14H16FN. The summed E-state index contributed by atoms with van der Waals surface area (Å²) in [6, 6.07) is 6.50. The van der Waals surface area contributed by atoms with E-state index in [0.717, 1.165) is 23.1 Å². The van der Waals surface area contributed by atoms with Gasteiger partial charge in [0, 0.05) is 12.4 Å². The predicted molar refractivity (Wildman–Crippen MR) is 68.0 cm³/mol. The molecule has 1 aromatic rings. The molecular weight excluding hydrogens is 201 g/mol. The lowest BCUT2D eigenvalue weighted by Crippen LogP contribution is -1.90. The van der Waals surface area contributed by atoms with E-state index in [1.54, 1.807) is 18.3 Å². The Bertz CT molecular complexity index is 413. The highest BCUT2D eigenvalue weighted by atomic mass is 19.1. The lowest BCUT2D eigenvalue weighted by atomic mass is 10.0. The van der Waals surface area contributed by atoms with E-state index >= 15 is 0 Å². The second kappa shape index (κ2) is 6.01. The fraction of sp³-hybridized carbons (Fsp3) is 0.214. The third-order valence-corrected chi connectivity index (χ3v) is 2.48. The van der Waals surface area contributed by atoms with E-state index in [9.17, 15) is 4.39 Å². The maximum absolute atomic E-state index is 12.8. The van der Waals surface area contributed by atoms with Crippen molar-refractivity contribution in [1.29, 1.82) is 0 Å². The van der Waals surface area contributed by atoms with Gasteiger partial charge < -0.3 is 0 Å². The maximum Gasteiger partial charge on any atom is 0.123 e. The van der Waals surface area contributed by atoms with Crippen molar-refractivity contribution in [1.82, 2.24) is 0 Å². The second-order valence-electron chi connectivity index (χ2n) is 3.47. The van der Waals surface area contributed by atoms with Crippen LogP contribution in [0.3, 0.4) is 0 Å². The molecule has 0 aromatic heterocycles. The summed E-state index contributed by atoms with van der Waals surface area (Å²) in [4.78, 5) is 4.01. The highest BCUT2D eigenvalue weighted by molar-refractivity contribution is 5.90. The van der Waals surface area contributed by atoms with E-state index in [1.807, 2.05) is 6.92 Å². The summed E-state index contributed by atoms with van der Waals surface area (Å²) < 4.78 is 12.8. The van der Waals surface area contributed by atoms with Crippen LogP contribution in [0, 0.1) is 5.82 Å². The Labute approximate surface area is 96.0 Å². The van der Waals surface area contributed by atoms with Gasteiger partial charge in [0.2, 0.25) is 0 Å². The molecule has 0 aliphatic rings. The Morgan fingerprint density at radius 1 is 1.38 bits per heavy atom. The van der Waals surface area contributed by atoms with Crippen LogP contribution in [-0.2, 0) is 0 Å². The minimum atomic E-state index is -0.214. The number of allylic oxidation sites excluding steroid dienone is 2. The van der Waals surface area contributed by atoms with E-state index in [-0.39, 0.29) is 5.82 Å². The zero-order chi connectivity index (χ0) is 12.0. The van der Waals surface area contributed by atoms with E-state index in [0.29, 0.717) is 0 Å². The smallest absolute Gasteiger partial charge is 0.123 e. The number of rotatable bonds is 4. The third-order valence-electron chi connectivity index (χ3n) is 2.48. The Kier molecular flexibility index (Phi) is 4.65. The average Bonchev–Trinajstić information content (AvgIpc) is 2.30. The van der Waals surface area contributed by atoms with Gasteiger partial charge in [-0.25, -0.2) is 4.39 Å². The van der Waals surface area contributed by atoms with Crippen LogP contribution in [0.15, 0.2) is 47.6 Å². The number of aliphatic imine (C=N–C) groups is 1. The molecule has 0 heterocycles. The quantitative estimate of drug-likeness (QED) is 0.669. The Balaban J connectivity index is 3.08. The van der Waals surface area contributed by atoms with Crippen LogP contribution >= 0.6 is 0 Å². The first kappa shape index (κ1) is 12.4. The first-order valence-electron chi connectivity index (χ1n) is 5.28. The monoisotopic (exact) mass is 217 g/mol. The van der Waals surface area contributed by atoms with Crippen LogP contribution in [0.25, 0.3) is 5.57 Å². The second-order valence-corrected chi connectivity index (χ2v) is 3.47. The van der Waals surface area contributed by atoms with Gasteiger partial charge in [0.25, 0.3) is 0 Å². The highest BCUT2D eigenvalue weighted by Gasteiger charge is 2.01. The van der Waals surface area contributed by atoms with Gasteiger partial charge in [-0.3, -0.25) is 4.99 Å². The van der Waals surface area contributed by atoms with Gasteiger partial charge in [0.1, 0.15) is 5.82 Å². The summed E-state index contributed by atoms with van der Waals surface area (Å²) >= 11 is 0. The molecule has 1 aromatic carbocycles. The molecule has 84 valence electrons. The number of hydrogen-bond acceptors (Lipinski definition) is 1. The molecule has 16 heavy (non-hydrogen) atoms. The van der Waals surface area contributed by atoms with Crippen LogP contribution < -0.4 is 0 Å². The normalized spacial score (nSPS) is 12.7. The molecule has 0 saturated carbocycles. The molecule has 0 unspecified atom stereocenters. The molecule has 0 aliphatic heterocycles. The van der Waals surface area contributed by atoms with Crippen LogP contribution in [0.4, 0.5) is 4.39 Å². The molecule has 0 fully saturated rings. The lowest BCUT2D eigenvalue weighted by Gasteiger charge is -2.06. The minimum Gasteiger partial charge on any atom is -0.265 e. The fourth-order valence-electron chi connectivity index (χ4n) is 1.48. The zero-order valence-electron chi connectivity index (χ0n) is 9.70. The van der Waals surface area contributed by atoms with Gasteiger partial charge in [-0.2, -0.15) is 0 Å². The molecule has 0 bridgehead atoms. The largest absolute Gasteiger partial charge is 0.265 e. The van der Waals surface area contributed by atoms with Crippen molar-refractivity contribution in [3.8, 4) is 0 Å². The summed E-state index contributed by atoms with van der Waals surface area (Å²) in [6.07, 6.45) is 4.19. The molecule has 2 heteroatoms. The standard InChI is InChI=1S/C14H16FN/c1-4-12(10-16-5-2)11(3)13-6-8-14(15)9-7-13/h5-10H,2,4H2,1,3H3/b12-11+,16-10-. The third kappa shape index (κ3) is 3.16. The minimum absolute atomic E-state index is 0.214. The Morgan fingerprint density at radius 2 is 2.00 bits per heavy atom. The van der Waals surface area contributed by atoms with Crippen molar-refractivity contribution < 1.29 is 4.39 Å². The molecule has 1 rings (SSSR count). The summed E-state index contributed by atoms with van der Waals surface area (Å²) in [6.45, 7) is 7.62. The van der Waals surface area contributed by atoms with Gasteiger partial charge in [-0.15, -0.1) is 0 Å². The Morgan fingerprint density at radius 3 is 2.50 bits per heavy atom.